The maximum absolute atomic E-state index is 12.8. The van der Waals surface area contributed by atoms with Crippen molar-refractivity contribution in [3.8, 4) is 5.75 Å². The molecule has 1 aromatic heterocycles. The molecular formula is C20H28N4O2. The van der Waals surface area contributed by atoms with Gasteiger partial charge in [0.05, 0.1) is 18.9 Å². The van der Waals surface area contributed by atoms with Crippen molar-refractivity contribution >= 4 is 5.91 Å². The van der Waals surface area contributed by atoms with E-state index in [2.05, 4.69) is 42.9 Å². The van der Waals surface area contributed by atoms with Gasteiger partial charge in [0.1, 0.15) is 5.75 Å². The summed E-state index contributed by atoms with van der Waals surface area (Å²) in [6, 6.07) is 8.59. The summed E-state index contributed by atoms with van der Waals surface area (Å²) < 4.78 is 7.13. The number of benzene rings is 1. The molecule has 1 atom stereocenters. The molecule has 1 aliphatic heterocycles. The number of piperazine rings is 1. The first-order valence-corrected chi connectivity index (χ1v) is 9.18. The topological polar surface area (TPSA) is 50.6 Å². The number of rotatable bonds is 5. The lowest BCUT2D eigenvalue weighted by Crippen LogP contribution is -2.53. The molecule has 26 heavy (non-hydrogen) atoms. The van der Waals surface area contributed by atoms with Gasteiger partial charge in [-0.1, -0.05) is 12.1 Å². The fraction of sp³-hybridized carbons (Fsp3) is 0.500. The molecular weight excluding hydrogens is 328 g/mol. The maximum Gasteiger partial charge on any atom is 0.257 e. The van der Waals surface area contributed by atoms with Crippen LogP contribution in [0.3, 0.4) is 0 Å². The number of carbonyl (C=O) groups is 1. The van der Waals surface area contributed by atoms with E-state index in [4.69, 9.17) is 4.74 Å². The van der Waals surface area contributed by atoms with Crippen LogP contribution in [0.4, 0.5) is 0 Å². The second kappa shape index (κ2) is 7.91. The molecule has 1 saturated heterocycles. The van der Waals surface area contributed by atoms with Gasteiger partial charge in [-0.25, -0.2) is 0 Å². The average Bonchev–Trinajstić information content (AvgIpc) is 3.12. The molecule has 2 aromatic rings. The fourth-order valence-electron chi connectivity index (χ4n) is 3.40. The quantitative estimate of drug-likeness (QED) is 0.827. The number of aromatic nitrogens is 2. The molecule has 0 radical (unpaired) electrons. The summed E-state index contributed by atoms with van der Waals surface area (Å²) >= 11 is 0. The maximum atomic E-state index is 12.8. The van der Waals surface area contributed by atoms with Crippen LogP contribution in [0.2, 0.25) is 0 Å². The van der Waals surface area contributed by atoms with E-state index in [0.29, 0.717) is 5.56 Å². The van der Waals surface area contributed by atoms with Crippen molar-refractivity contribution in [1.82, 2.24) is 19.6 Å². The molecule has 0 aliphatic carbocycles. The number of carbonyl (C=O) groups excluding carboxylic acids is 1. The summed E-state index contributed by atoms with van der Waals surface area (Å²) in [7, 11) is 1.69. The van der Waals surface area contributed by atoms with Gasteiger partial charge in [0.25, 0.3) is 5.91 Å². The summed E-state index contributed by atoms with van der Waals surface area (Å²) in [4.78, 5) is 17.2. The molecule has 1 fully saturated rings. The number of hydrogen-bond acceptors (Lipinski definition) is 4. The minimum atomic E-state index is 0.0745. The van der Waals surface area contributed by atoms with Crippen molar-refractivity contribution in [2.45, 2.75) is 39.4 Å². The number of methoxy groups -OCH3 is 1. The van der Waals surface area contributed by atoms with E-state index >= 15 is 0 Å². The van der Waals surface area contributed by atoms with E-state index in [1.165, 1.54) is 5.56 Å². The van der Waals surface area contributed by atoms with Crippen molar-refractivity contribution in [3.63, 3.8) is 0 Å². The summed E-state index contributed by atoms with van der Waals surface area (Å²) in [5.74, 6) is 0.956. The van der Waals surface area contributed by atoms with Gasteiger partial charge >= 0.3 is 0 Å². The van der Waals surface area contributed by atoms with Crippen LogP contribution < -0.4 is 4.74 Å². The van der Waals surface area contributed by atoms with Crippen molar-refractivity contribution < 1.29 is 9.53 Å². The van der Waals surface area contributed by atoms with E-state index in [9.17, 15) is 4.79 Å². The summed E-state index contributed by atoms with van der Waals surface area (Å²) in [5.41, 5.74) is 1.90. The number of nitrogens with zero attached hydrogens (tertiary/aromatic N) is 4. The molecule has 2 heterocycles. The summed E-state index contributed by atoms with van der Waals surface area (Å²) in [6.07, 6.45) is 3.53. The van der Waals surface area contributed by atoms with E-state index in [1.807, 2.05) is 27.9 Å². The van der Waals surface area contributed by atoms with Crippen molar-refractivity contribution in [2.75, 3.05) is 26.7 Å². The molecule has 0 spiro atoms. The highest BCUT2D eigenvalue weighted by Gasteiger charge is 2.28. The molecule has 0 bridgehead atoms. The SMILES string of the molecule is COc1cccc(CN2CCN(C(=O)c3cnn(C(C)C)c3)[C@@H](C)C2)c1. The smallest absolute Gasteiger partial charge is 0.257 e. The molecule has 140 valence electrons. The van der Waals surface area contributed by atoms with E-state index in [-0.39, 0.29) is 18.0 Å². The highest BCUT2D eigenvalue weighted by atomic mass is 16.5. The Morgan fingerprint density at radius 3 is 2.81 bits per heavy atom. The Bertz CT molecular complexity index is 756. The van der Waals surface area contributed by atoms with Gasteiger partial charge in [-0.05, 0) is 38.5 Å². The van der Waals surface area contributed by atoms with Crippen LogP contribution in [0.5, 0.6) is 5.75 Å². The molecule has 1 amide bonds. The van der Waals surface area contributed by atoms with E-state index in [1.54, 1.807) is 13.3 Å². The van der Waals surface area contributed by atoms with Crippen LogP contribution >= 0.6 is 0 Å². The zero-order valence-electron chi connectivity index (χ0n) is 16.1. The van der Waals surface area contributed by atoms with Crippen LogP contribution in [0, 0.1) is 0 Å². The Morgan fingerprint density at radius 1 is 1.35 bits per heavy atom. The standard InChI is InChI=1S/C20H28N4O2/c1-15(2)24-14-18(11-21-24)20(25)23-9-8-22(12-16(23)3)13-17-6-5-7-19(10-17)26-4/h5-7,10-11,14-16H,8-9,12-13H2,1-4H3/t16-/m0/s1. The normalized spacial score (nSPS) is 18.3. The van der Waals surface area contributed by atoms with Gasteiger partial charge in [-0.3, -0.25) is 14.4 Å². The molecule has 3 rings (SSSR count). The summed E-state index contributed by atoms with van der Waals surface area (Å²) in [5, 5.41) is 4.29. The highest BCUT2D eigenvalue weighted by Crippen LogP contribution is 2.19. The predicted molar refractivity (Wildman–Crippen MR) is 101 cm³/mol. The lowest BCUT2D eigenvalue weighted by Gasteiger charge is -2.39. The zero-order chi connectivity index (χ0) is 18.7. The van der Waals surface area contributed by atoms with Gasteiger partial charge in [0.15, 0.2) is 0 Å². The molecule has 6 heteroatoms. The first-order chi connectivity index (χ1) is 12.5. The summed E-state index contributed by atoms with van der Waals surface area (Å²) in [6.45, 7) is 9.56. The molecule has 0 unspecified atom stereocenters. The predicted octanol–water partition coefficient (Wildman–Crippen LogP) is 2.82. The van der Waals surface area contributed by atoms with Crippen LogP contribution in [-0.2, 0) is 6.54 Å². The van der Waals surface area contributed by atoms with E-state index in [0.717, 1.165) is 31.9 Å². The Morgan fingerprint density at radius 2 is 2.15 bits per heavy atom. The number of hydrogen-bond donors (Lipinski definition) is 0. The molecule has 1 aliphatic rings. The molecule has 6 nitrogen and oxygen atoms in total. The third-order valence-electron chi connectivity index (χ3n) is 4.89. The largest absolute Gasteiger partial charge is 0.497 e. The average molecular weight is 356 g/mol. The zero-order valence-corrected chi connectivity index (χ0v) is 16.1. The highest BCUT2D eigenvalue weighted by molar-refractivity contribution is 5.94. The van der Waals surface area contributed by atoms with Gasteiger partial charge in [0, 0.05) is 44.5 Å². The third-order valence-corrected chi connectivity index (χ3v) is 4.89. The second-order valence-electron chi connectivity index (χ2n) is 7.24. The van der Waals surface area contributed by atoms with Crippen LogP contribution in [0.1, 0.15) is 42.7 Å². The van der Waals surface area contributed by atoms with Gasteiger partial charge in [0.2, 0.25) is 0 Å². The monoisotopic (exact) mass is 356 g/mol. The van der Waals surface area contributed by atoms with E-state index < -0.39 is 0 Å². The minimum Gasteiger partial charge on any atom is -0.497 e. The second-order valence-corrected chi connectivity index (χ2v) is 7.24. The van der Waals surface area contributed by atoms with Gasteiger partial charge in [-0.2, -0.15) is 5.10 Å². The Labute approximate surface area is 155 Å². The number of amides is 1. The molecule has 0 N–H and O–H groups in total. The first-order valence-electron chi connectivity index (χ1n) is 9.18. The lowest BCUT2D eigenvalue weighted by molar-refractivity contribution is 0.0475. The fourth-order valence-corrected chi connectivity index (χ4v) is 3.40. The van der Waals surface area contributed by atoms with Crippen LogP contribution in [0.15, 0.2) is 36.7 Å². The lowest BCUT2D eigenvalue weighted by atomic mass is 10.1. The molecule has 1 aromatic carbocycles. The minimum absolute atomic E-state index is 0.0745. The van der Waals surface area contributed by atoms with Crippen molar-refractivity contribution in [1.29, 1.82) is 0 Å². The Kier molecular flexibility index (Phi) is 5.61. The Hall–Kier alpha value is -2.34. The van der Waals surface area contributed by atoms with Crippen molar-refractivity contribution in [2.24, 2.45) is 0 Å². The van der Waals surface area contributed by atoms with Crippen LogP contribution in [-0.4, -0.2) is 58.3 Å². The van der Waals surface area contributed by atoms with Gasteiger partial charge < -0.3 is 9.64 Å². The van der Waals surface area contributed by atoms with Crippen LogP contribution in [0.25, 0.3) is 0 Å². The first kappa shape index (κ1) is 18.5. The number of ether oxygens (including phenoxy) is 1. The van der Waals surface area contributed by atoms with Crippen molar-refractivity contribution in [3.05, 3.63) is 47.8 Å². The molecule has 0 saturated carbocycles. The third kappa shape index (κ3) is 4.07. The van der Waals surface area contributed by atoms with Gasteiger partial charge in [-0.15, -0.1) is 0 Å². The Balaban J connectivity index is 1.61.